The SMILES string of the molecule is COc1cccc(CN(C)C2CCCCC2C)c1O. The van der Waals surface area contributed by atoms with Crippen molar-refractivity contribution in [2.45, 2.75) is 45.2 Å². The lowest BCUT2D eigenvalue weighted by Gasteiger charge is -2.36. The molecule has 0 radical (unpaired) electrons. The van der Waals surface area contributed by atoms with Crippen LogP contribution >= 0.6 is 0 Å². The zero-order valence-electron chi connectivity index (χ0n) is 12.2. The van der Waals surface area contributed by atoms with Gasteiger partial charge in [0.1, 0.15) is 0 Å². The van der Waals surface area contributed by atoms with Crippen molar-refractivity contribution < 1.29 is 9.84 Å². The third-order valence-electron chi connectivity index (χ3n) is 4.35. The van der Waals surface area contributed by atoms with E-state index in [0.717, 1.165) is 18.0 Å². The van der Waals surface area contributed by atoms with E-state index in [1.165, 1.54) is 25.7 Å². The summed E-state index contributed by atoms with van der Waals surface area (Å²) in [6, 6.07) is 6.33. The van der Waals surface area contributed by atoms with Crippen LogP contribution in [-0.4, -0.2) is 30.2 Å². The highest BCUT2D eigenvalue weighted by Crippen LogP contribution is 2.32. The molecule has 1 fully saturated rings. The minimum Gasteiger partial charge on any atom is -0.504 e. The summed E-state index contributed by atoms with van der Waals surface area (Å²) in [6.07, 6.45) is 5.26. The van der Waals surface area contributed by atoms with Crippen molar-refractivity contribution in [2.75, 3.05) is 14.2 Å². The summed E-state index contributed by atoms with van der Waals surface area (Å²) < 4.78 is 5.17. The Morgan fingerprint density at radius 2 is 2.05 bits per heavy atom. The number of hydrogen-bond donors (Lipinski definition) is 1. The summed E-state index contributed by atoms with van der Waals surface area (Å²) in [6.45, 7) is 3.11. The predicted molar refractivity (Wildman–Crippen MR) is 77.5 cm³/mol. The first kappa shape index (κ1) is 14.2. The molecule has 1 aromatic carbocycles. The smallest absolute Gasteiger partial charge is 0.162 e. The molecular weight excluding hydrogens is 238 g/mol. The first-order valence-electron chi connectivity index (χ1n) is 7.18. The van der Waals surface area contributed by atoms with Crippen molar-refractivity contribution in [3.63, 3.8) is 0 Å². The maximum absolute atomic E-state index is 10.2. The number of hydrogen-bond acceptors (Lipinski definition) is 3. The largest absolute Gasteiger partial charge is 0.504 e. The van der Waals surface area contributed by atoms with Crippen LogP contribution in [0.4, 0.5) is 0 Å². The molecule has 3 heteroatoms. The van der Waals surface area contributed by atoms with Crippen LogP contribution in [-0.2, 0) is 6.54 Å². The highest BCUT2D eigenvalue weighted by Gasteiger charge is 2.25. The first-order valence-corrected chi connectivity index (χ1v) is 7.18. The van der Waals surface area contributed by atoms with E-state index in [4.69, 9.17) is 4.74 Å². The molecule has 0 aliphatic heterocycles. The quantitative estimate of drug-likeness (QED) is 0.903. The van der Waals surface area contributed by atoms with Gasteiger partial charge in [0.15, 0.2) is 11.5 Å². The number of para-hydroxylation sites is 1. The summed E-state index contributed by atoms with van der Waals surface area (Å²) >= 11 is 0. The molecule has 1 saturated carbocycles. The summed E-state index contributed by atoms with van der Waals surface area (Å²) in [5.41, 5.74) is 0.944. The van der Waals surface area contributed by atoms with E-state index in [0.29, 0.717) is 11.8 Å². The van der Waals surface area contributed by atoms with Crippen molar-refractivity contribution in [2.24, 2.45) is 5.92 Å². The topological polar surface area (TPSA) is 32.7 Å². The number of phenols is 1. The van der Waals surface area contributed by atoms with Crippen LogP contribution in [0.15, 0.2) is 18.2 Å². The monoisotopic (exact) mass is 263 g/mol. The normalized spacial score (nSPS) is 23.6. The fourth-order valence-electron chi connectivity index (χ4n) is 3.20. The van der Waals surface area contributed by atoms with Crippen LogP contribution in [0.5, 0.6) is 11.5 Å². The Balaban J connectivity index is 2.08. The van der Waals surface area contributed by atoms with Gasteiger partial charge in [0.25, 0.3) is 0 Å². The molecule has 0 aromatic heterocycles. The molecule has 0 heterocycles. The highest BCUT2D eigenvalue weighted by atomic mass is 16.5. The Labute approximate surface area is 116 Å². The third-order valence-corrected chi connectivity index (χ3v) is 4.35. The molecule has 1 aliphatic carbocycles. The molecule has 2 rings (SSSR count). The fraction of sp³-hybridized carbons (Fsp3) is 0.625. The van der Waals surface area contributed by atoms with E-state index in [1.807, 2.05) is 12.1 Å². The molecule has 0 saturated heterocycles. The predicted octanol–water partition coefficient (Wildman–Crippen LogP) is 3.41. The zero-order valence-corrected chi connectivity index (χ0v) is 12.2. The number of nitrogens with zero attached hydrogens (tertiary/aromatic N) is 1. The first-order chi connectivity index (χ1) is 9.13. The summed E-state index contributed by atoms with van der Waals surface area (Å²) in [7, 11) is 3.75. The lowest BCUT2D eigenvalue weighted by molar-refractivity contribution is 0.132. The maximum atomic E-state index is 10.2. The Bertz CT molecular complexity index is 419. The lowest BCUT2D eigenvalue weighted by Crippen LogP contribution is -2.38. The zero-order chi connectivity index (χ0) is 13.8. The van der Waals surface area contributed by atoms with Crippen molar-refractivity contribution in [3.8, 4) is 11.5 Å². The maximum Gasteiger partial charge on any atom is 0.162 e. The molecule has 0 spiro atoms. The van der Waals surface area contributed by atoms with Crippen LogP contribution in [0, 0.1) is 5.92 Å². The average molecular weight is 263 g/mol. The van der Waals surface area contributed by atoms with Gasteiger partial charge >= 0.3 is 0 Å². The lowest BCUT2D eigenvalue weighted by atomic mass is 9.85. The van der Waals surface area contributed by atoms with Gasteiger partial charge in [-0.2, -0.15) is 0 Å². The molecule has 0 bridgehead atoms. The molecule has 1 aliphatic rings. The molecule has 106 valence electrons. The van der Waals surface area contributed by atoms with Crippen LogP contribution < -0.4 is 4.74 Å². The van der Waals surface area contributed by atoms with E-state index < -0.39 is 0 Å². The van der Waals surface area contributed by atoms with Gasteiger partial charge in [-0.3, -0.25) is 4.90 Å². The van der Waals surface area contributed by atoms with E-state index >= 15 is 0 Å². The second-order valence-corrected chi connectivity index (χ2v) is 5.71. The van der Waals surface area contributed by atoms with Crippen LogP contribution in [0.1, 0.15) is 38.2 Å². The average Bonchev–Trinajstić information content (AvgIpc) is 2.41. The Kier molecular flexibility index (Phi) is 4.70. The van der Waals surface area contributed by atoms with Gasteiger partial charge in [-0.15, -0.1) is 0 Å². The van der Waals surface area contributed by atoms with E-state index in [2.05, 4.69) is 18.9 Å². The number of methoxy groups -OCH3 is 1. The van der Waals surface area contributed by atoms with Crippen molar-refractivity contribution >= 4 is 0 Å². The fourth-order valence-corrected chi connectivity index (χ4v) is 3.20. The molecule has 3 nitrogen and oxygen atoms in total. The van der Waals surface area contributed by atoms with Gasteiger partial charge in [-0.1, -0.05) is 31.9 Å². The van der Waals surface area contributed by atoms with Crippen LogP contribution in [0.2, 0.25) is 0 Å². The van der Waals surface area contributed by atoms with Gasteiger partial charge in [-0.05, 0) is 31.9 Å². The second-order valence-electron chi connectivity index (χ2n) is 5.71. The molecule has 1 N–H and O–H groups in total. The number of phenolic OH excluding ortho intramolecular Hbond substituents is 1. The summed E-state index contributed by atoms with van der Waals surface area (Å²) in [5.74, 6) is 1.58. The van der Waals surface area contributed by atoms with Crippen molar-refractivity contribution in [3.05, 3.63) is 23.8 Å². The minimum absolute atomic E-state index is 0.278. The Hall–Kier alpha value is -1.22. The molecule has 0 amide bonds. The minimum atomic E-state index is 0.278. The number of benzene rings is 1. The van der Waals surface area contributed by atoms with Gasteiger partial charge in [0, 0.05) is 18.2 Å². The number of rotatable bonds is 4. The van der Waals surface area contributed by atoms with E-state index in [9.17, 15) is 5.11 Å². The third kappa shape index (κ3) is 3.21. The van der Waals surface area contributed by atoms with E-state index in [1.54, 1.807) is 13.2 Å². The second kappa shape index (κ2) is 6.29. The van der Waals surface area contributed by atoms with E-state index in [-0.39, 0.29) is 5.75 Å². The number of aromatic hydroxyl groups is 1. The molecule has 2 unspecified atom stereocenters. The Morgan fingerprint density at radius 3 is 2.74 bits per heavy atom. The van der Waals surface area contributed by atoms with Gasteiger partial charge in [0.2, 0.25) is 0 Å². The number of ether oxygens (including phenoxy) is 1. The van der Waals surface area contributed by atoms with Gasteiger partial charge in [-0.25, -0.2) is 0 Å². The van der Waals surface area contributed by atoms with Crippen molar-refractivity contribution in [1.82, 2.24) is 4.90 Å². The highest BCUT2D eigenvalue weighted by molar-refractivity contribution is 5.45. The van der Waals surface area contributed by atoms with Gasteiger partial charge in [0.05, 0.1) is 7.11 Å². The molecule has 2 atom stereocenters. The summed E-state index contributed by atoms with van der Waals surface area (Å²) in [5, 5.41) is 10.2. The van der Waals surface area contributed by atoms with Gasteiger partial charge < -0.3 is 9.84 Å². The van der Waals surface area contributed by atoms with Crippen molar-refractivity contribution in [1.29, 1.82) is 0 Å². The molecule has 1 aromatic rings. The van der Waals surface area contributed by atoms with Crippen LogP contribution in [0.3, 0.4) is 0 Å². The Morgan fingerprint density at radius 1 is 1.32 bits per heavy atom. The molecular formula is C16H25NO2. The standard InChI is InChI=1S/C16H25NO2/c1-12-7-4-5-9-14(12)17(2)11-13-8-6-10-15(19-3)16(13)18/h6,8,10,12,14,18H,4-5,7,9,11H2,1-3H3. The summed E-state index contributed by atoms with van der Waals surface area (Å²) in [4.78, 5) is 2.37. The van der Waals surface area contributed by atoms with Crippen LogP contribution in [0.25, 0.3) is 0 Å². The molecule has 19 heavy (non-hydrogen) atoms.